The van der Waals surface area contributed by atoms with Gasteiger partial charge < -0.3 is 10.6 Å². The lowest BCUT2D eigenvalue weighted by Gasteiger charge is -2.28. The smallest absolute Gasteiger partial charge is 0.227 e. The van der Waals surface area contributed by atoms with E-state index in [-0.39, 0.29) is 5.91 Å². The highest BCUT2D eigenvalue weighted by molar-refractivity contribution is 5.79. The lowest BCUT2D eigenvalue weighted by Crippen LogP contribution is -2.37. The van der Waals surface area contributed by atoms with Gasteiger partial charge in [0.2, 0.25) is 5.91 Å². The molecule has 0 saturated carbocycles. The Bertz CT molecular complexity index is 654. The third-order valence-electron chi connectivity index (χ3n) is 4.00. The molecular weight excluding hydrogens is 262 g/mol. The second-order valence-corrected chi connectivity index (χ2v) is 5.32. The van der Waals surface area contributed by atoms with E-state index in [1.54, 1.807) is 0 Å². The van der Waals surface area contributed by atoms with Gasteiger partial charge in [-0.1, -0.05) is 30.3 Å². The molecule has 3 rings (SSSR count). The summed E-state index contributed by atoms with van der Waals surface area (Å²) < 4.78 is 0. The van der Waals surface area contributed by atoms with E-state index in [0.717, 1.165) is 35.3 Å². The molecule has 2 N–H and O–H groups in total. The van der Waals surface area contributed by atoms with Gasteiger partial charge in [-0.25, -0.2) is 0 Å². The molecule has 0 spiro atoms. The zero-order chi connectivity index (χ0) is 14.7. The number of fused-ring (bicyclic) bond motifs is 1. The van der Waals surface area contributed by atoms with Crippen molar-refractivity contribution in [3.63, 3.8) is 0 Å². The molecule has 1 aromatic carbocycles. The van der Waals surface area contributed by atoms with Crippen molar-refractivity contribution < 1.29 is 4.79 Å². The summed E-state index contributed by atoms with van der Waals surface area (Å²) in [6.45, 7) is 1.87. The Morgan fingerprint density at radius 1 is 1.19 bits per heavy atom. The van der Waals surface area contributed by atoms with E-state index in [2.05, 4.69) is 11.1 Å². The molecular formula is C17H19N3O. The van der Waals surface area contributed by atoms with Gasteiger partial charge in [0, 0.05) is 37.9 Å². The number of nitrogens with two attached hydrogens (primary N) is 1. The van der Waals surface area contributed by atoms with E-state index in [0.29, 0.717) is 19.5 Å². The molecule has 0 bridgehead atoms. The Hall–Kier alpha value is -2.20. The summed E-state index contributed by atoms with van der Waals surface area (Å²) in [6.07, 6.45) is 3.07. The average Bonchev–Trinajstić information content (AvgIpc) is 2.55. The zero-order valence-electron chi connectivity index (χ0n) is 12.0. The number of nitrogens with zero attached hydrogens (tertiary/aromatic N) is 2. The molecule has 0 saturated heterocycles. The fourth-order valence-corrected chi connectivity index (χ4v) is 2.78. The summed E-state index contributed by atoms with van der Waals surface area (Å²) >= 11 is 0. The van der Waals surface area contributed by atoms with Crippen LogP contribution >= 0.6 is 0 Å². The molecule has 21 heavy (non-hydrogen) atoms. The van der Waals surface area contributed by atoms with Crippen molar-refractivity contribution in [2.45, 2.75) is 25.9 Å². The first-order valence-electron chi connectivity index (χ1n) is 7.25. The van der Waals surface area contributed by atoms with Crippen LogP contribution in [0.4, 0.5) is 0 Å². The fraction of sp³-hybridized carbons (Fsp3) is 0.294. The molecule has 2 heterocycles. The van der Waals surface area contributed by atoms with Crippen LogP contribution in [0.3, 0.4) is 0 Å². The fourth-order valence-electron chi connectivity index (χ4n) is 2.78. The van der Waals surface area contributed by atoms with Crippen LogP contribution < -0.4 is 5.73 Å². The Morgan fingerprint density at radius 2 is 2.00 bits per heavy atom. The quantitative estimate of drug-likeness (QED) is 0.931. The van der Waals surface area contributed by atoms with Crippen LogP contribution in [0.2, 0.25) is 0 Å². The topological polar surface area (TPSA) is 59.2 Å². The maximum Gasteiger partial charge on any atom is 0.227 e. The van der Waals surface area contributed by atoms with Crippen molar-refractivity contribution in [3.8, 4) is 0 Å². The maximum atomic E-state index is 12.5. The van der Waals surface area contributed by atoms with Gasteiger partial charge >= 0.3 is 0 Å². The molecule has 0 radical (unpaired) electrons. The van der Waals surface area contributed by atoms with Gasteiger partial charge in [0.15, 0.2) is 0 Å². The molecule has 2 aromatic rings. The summed E-state index contributed by atoms with van der Waals surface area (Å²) in [5.41, 5.74) is 10.1. The van der Waals surface area contributed by atoms with Gasteiger partial charge in [-0.2, -0.15) is 0 Å². The highest BCUT2D eigenvalue weighted by Crippen LogP contribution is 2.18. The Morgan fingerprint density at radius 3 is 2.81 bits per heavy atom. The number of carbonyl (C=O) groups is 1. The van der Waals surface area contributed by atoms with Gasteiger partial charge in [-0.15, -0.1) is 0 Å². The van der Waals surface area contributed by atoms with Crippen molar-refractivity contribution in [3.05, 3.63) is 65.0 Å². The molecule has 4 heteroatoms. The van der Waals surface area contributed by atoms with Crippen molar-refractivity contribution in [1.29, 1.82) is 0 Å². The van der Waals surface area contributed by atoms with E-state index >= 15 is 0 Å². The van der Waals surface area contributed by atoms with Gasteiger partial charge in [-0.05, 0) is 22.8 Å². The van der Waals surface area contributed by atoms with E-state index in [9.17, 15) is 4.79 Å². The monoisotopic (exact) mass is 281 g/mol. The minimum atomic E-state index is 0.158. The van der Waals surface area contributed by atoms with Crippen molar-refractivity contribution >= 4 is 5.91 Å². The molecule has 0 atom stereocenters. The largest absolute Gasteiger partial charge is 0.338 e. The number of carbonyl (C=O) groups excluding carboxylic acids is 1. The van der Waals surface area contributed by atoms with Crippen molar-refractivity contribution in [2.75, 3.05) is 6.54 Å². The third kappa shape index (κ3) is 2.95. The van der Waals surface area contributed by atoms with Gasteiger partial charge in [0.25, 0.3) is 0 Å². The van der Waals surface area contributed by atoms with Crippen LogP contribution in [-0.4, -0.2) is 22.3 Å². The number of amides is 1. The second-order valence-electron chi connectivity index (χ2n) is 5.32. The normalized spacial score (nSPS) is 13.9. The van der Waals surface area contributed by atoms with Gasteiger partial charge in [0.1, 0.15) is 0 Å². The first kappa shape index (κ1) is 13.8. The minimum absolute atomic E-state index is 0.158. The minimum Gasteiger partial charge on any atom is -0.338 e. The highest BCUT2D eigenvalue weighted by Gasteiger charge is 2.21. The molecule has 0 aliphatic carbocycles. The standard InChI is InChI=1S/C17H19N3O/c18-11-14-5-2-1-4-13(14)10-17(21)20-9-7-16-15(12-20)6-3-8-19-16/h1-6,8H,7,9-12,18H2. The summed E-state index contributed by atoms with van der Waals surface area (Å²) in [6, 6.07) is 11.9. The summed E-state index contributed by atoms with van der Waals surface area (Å²) in [5, 5.41) is 0. The third-order valence-corrected chi connectivity index (χ3v) is 4.00. The van der Waals surface area contributed by atoms with E-state index in [4.69, 9.17) is 5.73 Å². The average molecular weight is 281 g/mol. The molecule has 1 amide bonds. The number of pyridine rings is 1. The number of benzene rings is 1. The van der Waals surface area contributed by atoms with Crippen LogP contribution in [0.1, 0.15) is 22.4 Å². The predicted octanol–water partition coefficient (Wildman–Crippen LogP) is 1.67. The van der Waals surface area contributed by atoms with Crippen LogP contribution in [0.25, 0.3) is 0 Å². The maximum absolute atomic E-state index is 12.5. The summed E-state index contributed by atoms with van der Waals surface area (Å²) in [7, 11) is 0. The molecule has 4 nitrogen and oxygen atoms in total. The SMILES string of the molecule is NCc1ccccc1CC(=O)N1CCc2ncccc2C1. The zero-order valence-corrected chi connectivity index (χ0v) is 12.0. The Balaban J connectivity index is 1.72. The molecule has 1 aliphatic heterocycles. The van der Waals surface area contributed by atoms with Crippen LogP contribution in [0, 0.1) is 0 Å². The van der Waals surface area contributed by atoms with Crippen LogP contribution in [0.5, 0.6) is 0 Å². The molecule has 1 aliphatic rings. The van der Waals surface area contributed by atoms with Crippen molar-refractivity contribution in [2.24, 2.45) is 5.73 Å². The van der Waals surface area contributed by atoms with Crippen LogP contribution in [-0.2, 0) is 30.7 Å². The Kier molecular flexibility index (Phi) is 3.97. The van der Waals surface area contributed by atoms with E-state index < -0.39 is 0 Å². The second kappa shape index (κ2) is 6.06. The first-order valence-corrected chi connectivity index (χ1v) is 7.25. The number of hydrogen-bond donors (Lipinski definition) is 1. The van der Waals surface area contributed by atoms with E-state index in [1.807, 2.05) is 41.4 Å². The Labute approximate surface area is 124 Å². The highest BCUT2D eigenvalue weighted by atomic mass is 16.2. The molecule has 0 unspecified atom stereocenters. The first-order chi connectivity index (χ1) is 10.3. The summed E-state index contributed by atoms with van der Waals surface area (Å²) in [4.78, 5) is 18.8. The number of rotatable bonds is 3. The molecule has 1 aromatic heterocycles. The number of aromatic nitrogens is 1. The van der Waals surface area contributed by atoms with Crippen LogP contribution in [0.15, 0.2) is 42.6 Å². The van der Waals surface area contributed by atoms with Crippen molar-refractivity contribution in [1.82, 2.24) is 9.88 Å². The predicted molar refractivity (Wildman–Crippen MR) is 81.4 cm³/mol. The number of hydrogen-bond acceptors (Lipinski definition) is 3. The lowest BCUT2D eigenvalue weighted by molar-refractivity contribution is -0.131. The summed E-state index contributed by atoms with van der Waals surface area (Å²) in [5.74, 6) is 0.158. The van der Waals surface area contributed by atoms with Gasteiger partial charge in [0.05, 0.1) is 6.42 Å². The lowest BCUT2D eigenvalue weighted by atomic mass is 10.0. The molecule has 0 fully saturated rings. The van der Waals surface area contributed by atoms with E-state index in [1.165, 1.54) is 0 Å². The molecule has 108 valence electrons. The van der Waals surface area contributed by atoms with Gasteiger partial charge in [-0.3, -0.25) is 9.78 Å².